The van der Waals surface area contributed by atoms with Crippen molar-refractivity contribution in [1.29, 1.82) is 0 Å². The number of urea groups is 1. The summed E-state index contributed by atoms with van der Waals surface area (Å²) in [6.45, 7) is 3.01. The van der Waals surface area contributed by atoms with E-state index in [1.165, 1.54) is 0 Å². The molecular formula is C20H21N5O3. The minimum absolute atomic E-state index is 0.177. The molecule has 1 aliphatic heterocycles. The third-order valence-corrected chi connectivity index (χ3v) is 4.70. The van der Waals surface area contributed by atoms with Crippen LogP contribution in [0.25, 0.3) is 11.4 Å². The van der Waals surface area contributed by atoms with Gasteiger partial charge in [0.25, 0.3) is 0 Å². The van der Waals surface area contributed by atoms with Gasteiger partial charge < -0.3 is 14.4 Å². The molecule has 1 aliphatic rings. The van der Waals surface area contributed by atoms with Gasteiger partial charge >= 0.3 is 6.03 Å². The number of aromatic nitrogens is 3. The SMILES string of the molecule is CC(c1ccc2c(c1)OCCO2)N(C)C(=O)Nc1n[nH]c(-c2ccccc2)n1. The Morgan fingerprint density at radius 3 is 2.68 bits per heavy atom. The van der Waals surface area contributed by atoms with Crippen LogP contribution in [0.4, 0.5) is 10.7 Å². The van der Waals surface area contributed by atoms with Gasteiger partial charge in [0.15, 0.2) is 17.3 Å². The number of rotatable bonds is 4. The number of aromatic amines is 1. The van der Waals surface area contributed by atoms with Crippen LogP contribution in [0.15, 0.2) is 48.5 Å². The minimum Gasteiger partial charge on any atom is -0.486 e. The van der Waals surface area contributed by atoms with E-state index in [0.717, 1.165) is 16.9 Å². The van der Waals surface area contributed by atoms with Crippen LogP contribution in [0, 0.1) is 0 Å². The van der Waals surface area contributed by atoms with Crippen molar-refractivity contribution >= 4 is 12.0 Å². The van der Waals surface area contributed by atoms with Crippen molar-refractivity contribution in [2.75, 3.05) is 25.6 Å². The topological polar surface area (TPSA) is 92.4 Å². The van der Waals surface area contributed by atoms with E-state index in [1.807, 2.05) is 55.5 Å². The molecule has 0 fully saturated rings. The first-order valence-electron chi connectivity index (χ1n) is 9.03. The van der Waals surface area contributed by atoms with Crippen molar-refractivity contribution in [2.45, 2.75) is 13.0 Å². The maximum atomic E-state index is 12.6. The zero-order valence-electron chi connectivity index (χ0n) is 15.7. The monoisotopic (exact) mass is 379 g/mol. The Hall–Kier alpha value is -3.55. The summed E-state index contributed by atoms with van der Waals surface area (Å²) in [5, 5.41) is 9.63. The van der Waals surface area contributed by atoms with Crippen LogP contribution in [0.1, 0.15) is 18.5 Å². The van der Waals surface area contributed by atoms with E-state index in [9.17, 15) is 4.79 Å². The van der Waals surface area contributed by atoms with Gasteiger partial charge in [-0.15, -0.1) is 5.10 Å². The number of carbonyl (C=O) groups is 1. The lowest BCUT2D eigenvalue weighted by molar-refractivity contribution is 0.170. The molecule has 0 aliphatic carbocycles. The summed E-state index contributed by atoms with van der Waals surface area (Å²) < 4.78 is 11.2. The van der Waals surface area contributed by atoms with Crippen LogP contribution in [0.5, 0.6) is 11.5 Å². The normalized spacial score (nSPS) is 13.6. The summed E-state index contributed by atoms with van der Waals surface area (Å²) in [7, 11) is 1.72. The number of fused-ring (bicyclic) bond motifs is 1. The fourth-order valence-electron chi connectivity index (χ4n) is 2.95. The first kappa shape index (κ1) is 17.8. The maximum absolute atomic E-state index is 12.6. The summed E-state index contributed by atoms with van der Waals surface area (Å²) in [6.07, 6.45) is 0. The zero-order valence-corrected chi connectivity index (χ0v) is 15.7. The van der Waals surface area contributed by atoms with E-state index < -0.39 is 0 Å². The average molecular weight is 379 g/mol. The van der Waals surface area contributed by atoms with Gasteiger partial charge in [-0.2, -0.15) is 4.98 Å². The van der Waals surface area contributed by atoms with Gasteiger partial charge in [-0.3, -0.25) is 10.4 Å². The first-order valence-corrected chi connectivity index (χ1v) is 9.03. The molecule has 8 nitrogen and oxygen atoms in total. The molecule has 0 saturated heterocycles. The lowest BCUT2D eigenvalue weighted by atomic mass is 10.1. The van der Waals surface area contributed by atoms with E-state index in [0.29, 0.717) is 24.8 Å². The zero-order chi connectivity index (χ0) is 19.5. The molecule has 4 rings (SSSR count). The molecular weight excluding hydrogens is 358 g/mol. The van der Waals surface area contributed by atoms with Crippen LogP contribution in [0.3, 0.4) is 0 Å². The Morgan fingerprint density at radius 1 is 1.14 bits per heavy atom. The van der Waals surface area contributed by atoms with Crippen molar-refractivity contribution in [3.8, 4) is 22.9 Å². The molecule has 0 spiro atoms. The van der Waals surface area contributed by atoms with Crippen LogP contribution >= 0.6 is 0 Å². The van der Waals surface area contributed by atoms with Crippen LogP contribution < -0.4 is 14.8 Å². The highest BCUT2D eigenvalue weighted by molar-refractivity contribution is 5.87. The molecule has 2 amide bonds. The highest BCUT2D eigenvalue weighted by Gasteiger charge is 2.21. The molecule has 8 heteroatoms. The second kappa shape index (κ2) is 7.59. The number of H-pyrrole nitrogens is 1. The third kappa shape index (κ3) is 3.62. The Balaban J connectivity index is 1.44. The highest BCUT2D eigenvalue weighted by atomic mass is 16.6. The largest absolute Gasteiger partial charge is 0.486 e. The second-order valence-corrected chi connectivity index (χ2v) is 6.49. The van der Waals surface area contributed by atoms with Crippen molar-refractivity contribution in [3.63, 3.8) is 0 Å². The summed E-state index contributed by atoms with van der Waals surface area (Å²) in [5.74, 6) is 2.25. The van der Waals surface area contributed by atoms with Gasteiger partial charge in [0.1, 0.15) is 13.2 Å². The Labute approximate surface area is 162 Å². The quantitative estimate of drug-likeness (QED) is 0.724. The molecule has 1 unspecified atom stereocenters. The van der Waals surface area contributed by atoms with E-state index in [2.05, 4.69) is 20.5 Å². The number of hydrogen-bond donors (Lipinski definition) is 2. The molecule has 2 heterocycles. The van der Waals surface area contributed by atoms with Crippen LogP contribution in [-0.2, 0) is 0 Å². The molecule has 144 valence electrons. The number of benzene rings is 2. The molecule has 0 bridgehead atoms. The van der Waals surface area contributed by atoms with Crippen molar-refractivity contribution in [2.24, 2.45) is 0 Å². The minimum atomic E-state index is -0.305. The predicted octanol–water partition coefficient (Wildman–Crippen LogP) is 3.47. The highest BCUT2D eigenvalue weighted by Crippen LogP contribution is 2.33. The van der Waals surface area contributed by atoms with E-state index in [-0.39, 0.29) is 18.0 Å². The molecule has 2 N–H and O–H groups in total. The summed E-state index contributed by atoms with van der Waals surface area (Å²) in [4.78, 5) is 18.5. The fourth-order valence-corrected chi connectivity index (χ4v) is 2.95. The van der Waals surface area contributed by atoms with Gasteiger partial charge in [0.2, 0.25) is 5.95 Å². The standard InChI is InChI=1S/C20H21N5O3/c1-13(15-8-9-16-17(12-15)28-11-10-27-16)25(2)20(26)22-19-21-18(23-24-19)14-6-4-3-5-7-14/h3-9,12-13H,10-11H2,1-2H3,(H2,21,22,23,24,26). The lowest BCUT2D eigenvalue weighted by Crippen LogP contribution is -2.34. The third-order valence-electron chi connectivity index (χ3n) is 4.70. The number of hydrogen-bond acceptors (Lipinski definition) is 5. The summed E-state index contributed by atoms with van der Waals surface area (Å²) >= 11 is 0. The molecule has 0 radical (unpaired) electrons. The molecule has 3 aromatic rings. The first-order chi connectivity index (χ1) is 13.6. The van der Waals surface area contributed by atoms with E-state index in [1.54, 1.807) is 11.9 Å². The Kier molecular flexibility index (Phi) is 4.84. The summed E-state index contributed by atoms with van der Waals surface area (Å²) in [6, 6.07) is 14.8. The lowest BCUT2D eigenvalue weighted by Gasteiger charge is -2.26. The van der Waals surface area contributed by atoms with Gasteiger partial charge in [-0.25, -0.2) is 4.79 Å². The molecule has 28 heavy (non-hydrogen) atoms. The molecule has 1 aromatic heterocycles. The second-order valence-electron chi connectivity index (χ2n) is 6.49. The Bertz CT molecular complexity index is 973. The number of amides is 2. The number of nitrogens with zero attached hydrogens (tertiary/aromatic N) is 3. The molecule has 1 atom stereocenters. The Morgan fingerprint density at radius 2 is 1.89 bits per heavy atom. The van der Waals surface area contributed by atoms with Crippen molar-refractivity contribution < 1.29 is 14.3 Å². The smallest absolute Gasteiger partial charge is 0.324 e. The van der Waals surface area contributed by atoms with Crippen molar-refractivity contribution in [1.82, 2.24) is 20.1 Å². The van der Waals surface area contributed by atoms with Gasteiger partial charge in [-0.05, 0) is 24.6 Å². The average Bonchev–Trinajstić information content (AvgIpc) is 3.21. The van der Waals surface area contributed by atoms with E-state index >= 15 is 0 Å². The molecule has 0 saturated carbocycles. The van der Waals surface area contributed by atoms with E-state index in [4.69, 9.17) is 9.47 Å². The van der Waals surface area contributed by atoms with Gasteiger partial charge in [-0.1, -0.05) is 36.4 Å². The number of nitrogens with one attached hydrogen (secondary N) is 2. The number of carbonyl (C=O) groups excluding carboxylic acids is 1. The van der Waals surface area contributed by atoms with Crippen LogP contribution in [0.2, 0.25) is 0 Å². The van der Waals surface area contributed by atoms with Gasteiger partial charge in [0.05, 0.1) is 6.04 Å². The fraction of sp³-hybridized carbons (Fsp3) is 0.250. The van der Waals surface area contributed by atoms with Crippen molar-refractivity contribution in [3.05, 3.63) is 54.1 Å². The molecule has 2 aromatic carbocycles. The summed E-state index contributed by atoms with van der Waals surface area (Å²) in [5.41, 5.74) is 1.84. The maximum Gasteiger partial charge on any atom is 0.324 e. The number of ether oxygens (including phenoxy) is 2. The van der Waals surface area contributed by atoms with Gasteiger partial charge in [0, 0.05) is 12.6 Å². The number of anilines is 1. The predicted molar refractivity (Wildman–Crippen MR) is 104 cm³/mol. The van der Waals surface area contributed by atoms with Crippen LogP contribution in [-0.4, -0.2) is 46.4 Å².